The van der Waals surface area contributed by atoms with Crippen molar-refractivity contribution in [3.63, 3.8) is 0 Å². The quantitative estimate of drug-likeness (QED) is 0.310. The number of hydrogen-bond acceptors (Lipinski definition) is 4. The van der Waals surface area contributed by atoms with Crippen LogP contribution in [0, 0.1) is 0 Å². The van der Waals surface area contributed by atoms with Crippen LogP contribution in [0.5, 0.6) is 5.75 Å². The lowest BCUT2D eigenvalue weighted by Gasteiger charge is -2.28. The summed E-state index contributed by atoms with van der Waals surface area (Å²) in [7, 11) is 1.38. The molecular formula is C20H18F6O4. The third-order valence-electron chi connectivity index (χ3n) is 3.91. The highest BCUT2D eigenvalue weighted by molar-refractivity contribution is 6.01. The van der Waals surface area contributed by atoms with E-state index in [1.54, 1.807) is 6.07 Å². The molecule has 0 aromatic heterocycles. The molecule has 0 radical (unpaired) electrons. The molecular weight excluding hydrogens is 418 g/mol. The van der Waals surface area contributed by atoms with Gasteiger partial charge in [-0.1, -0.05) is 42.5 Å². The second-order valence-corrected chi connectivity index (χ2v) is 6.20. The lowest BCUT2D eigenvalue weighted by Crippen LogP contribution is -2.36. The number of hydrogen-bond donors (Lipinski definition) is 0. The molecule has 0 bridgehead atoms. The van der Waals surface area contributed by atoms with Crippen molar-refractivity contribution in [1.29, 1.82) is 0 Å². The average Bonchev–Trinajstić information content (AvgIpc) is 2.69. The lowest BCUT2D eigenvalue weighted by molar-refractivity contribution is -0.261. The summed E-state index contributed by atoms with van der Waals surface area (Å²) >= 11 is 0. The first kappa shape index (κ1) is 23.7. The van der Waals surface area contributed by atoms with E-state index >= 15 is 0 Å². The van der Waals surface area contributed by atoms with Crippen molar-refractivity contribution in [2.75, 3.05) is 20.3 Å². The predicted molar refractivity (Wildman–Crippen MR) is 94.3 cm³/mol. The number of benzene rings is 2. The van der Waals surface area contributed by atoms with Gasteiger partial charge in [0.2, 0.25) is 0 Å². The Morgan fingerprint density at radius 1 is 0.833 bits per heavy atom. The van der Waals surface area contributed by atoms with Crippen molar-refractivity contribution in [2.24, 2.45) is 0 Å². The van der Waals surface area contributed by atoms with E-state index in [-0.39, 0.29) is 11.1 Å². The predicted octanol–water partition coefficient (Wildman–Crippen LogP) is 5.15. The Morgan fingerprint density at radius 2 is 1.33 bits per heavy atom. The van der Waals surface area contributed by atoms with Gasteiger partial charge in [-0.25, -0.2) is 0 Å². The summed E-state index contributed by atoms with van der Waals surface area (Å²) < 4.78 is 90.3. The molecule has 0 aliphatic heterocycles. The van der Waals surface area contributed by atoms with E-state index < -0.39 is 43.6 Å². The molecule has 0 saturated carbocycles. The van der Waals surface area contributed by atoms with Crippen LogP contribution >= 0.6 is 0 Å². The van der Waals surface area contributed by atoms with E-state index in [1.807, 2.05) is 0 Å². The molecule has 10 heteroatoms. The minimum Gasteiger partial charge on any atom is -0.497 e. The van der Waals surface area contributed by atoms with E-state index in [4.69, 9.17) is 4.74 Å². The van der Waals surface area contributed by atoms with Crippen LogP contribution in [0.2, 0.25) is 0 Å². The number of rotatable bonds is 9. The molecule has 2 aromatic carbocycles. The fraction of sp³-hybridized carbons (Fsp3) is 0.350. The third kappa shape index (κ3) is 7.34. The van der Waals surface area contributed by atoms with Gasteiger partial charge >= 0.3 is 12.4 Å². The third-order valence-corrected chi connectivity index (χ3v) is 3.91. The van der Waals surface area contributed by atoms with Crippen LogP contribution in [0.4, 0.5) is 26.3 Å². The zero-order valence-electron chi connectivity index (χ0n) is 15.7. The fourth-order valence-electron chi connectivity index (χ4n) is 2.62. The van der Waals surface area contributed by atoms with Crippen LogP contribution < -0.4 is 4.74 Å². The van der Waals surface area contributed by atoms with Crippen molar-refractivity contribution < 1.29 is 45.3 Å². The number of methoxy groups -OCH3 is 1. The van der Waals surface area contributed by atoms with Crippen LogP contribution in [0.1, 0.15) is 21.8 Å². The standard InChI is InChI=1S/C20H18F6O4/c1-28-15-9-7-13(8-10-15)16(17(27)14-5-3-2-4-6-14)18(29-11-19(21,22)23)30-12-20(24,25)26/h2-10,16,18H,11-12H2,1H3. The average molecular weight is 436 g/mol. The highest BCUT2D eigenvalue weighted by Crippen LogP contribution is 2.31. The van der Waals surface area contributed by atoms with Gasteiger partial charge in [0.15, 0.2) is 12.1 Å². The topological polar surface area (TPSA) is 44.8 Å². The summed E-state index contributed by atoms with van der Waals surface area (Å²) in [5, 5.41) is 0. The van der Waals surface area contributed by atoms with Crippen LogP contribution in [-0.2, 0) is 9.47 Å². The van der Waals surface area contributed by atoms with Crippen molar-refractivity contribution in [3.05, 3.63) is 65.7 Å². The second-order valence-electron chi connectivity index (χ2n) is 6.20. The van der Waals surface area contributed by atoms with Gasteiger partial charge in [0.05, 0.1) is 13.0 Å². The molecule has 2 aromatic rings. The van der Waals surface area contributed by atoms with Crippen LogP contribution in [0.3, 0.4) is 0 Å². The van der Waals surface area contributed by atoms with Gasteiger partial charge in [0, 0.05) is 5.56 Å². The largest absolute Gasteiger partial charge is 0.497 e. The Hall–Kier alpha value is -2.59. The van der Waals surface area contributed by atoms with Crippen LogP contribution in [0.25, 0.3) is 0 Å². The number of halogens is 6. The molecule has 0 aliphatic rings. The SMILES string of the molecule is COc1ccc(C(C(=O)c2ccccc2)C(OCC(F)(F)F)OCC(F)(F)F)cc1. The van der Waals surface area contributed by atoms with Crippen molar-refractivity contribution >= 4 is 5.78 Å². The minimum absolute atomic E-state index is 0.0783. The Kier molecular flexibility index (Phi) is 7.85. The Morgan fingerprint density at radius 3 is 1.77 bits per heavy atom. The number of carbonyl (C=O) groups is 1. The molecule has 1 unspecified atom stereocenters. The van der Waals surface area contributed by atoms with Gasteiger partial charge in [-0.2, -0.15) is 26.3 Å². The molecule has 0 amide bonds. The first-order valence-electron chi connectivity index (χ1n) is 8.60. The summed E-state index contributed by atoms with van der Waals surface area (Å²) in [6, 6.07) is 13.0. The van der Waals surface area contributed by atoms with Gasteiger partial charge in [0.25, 0.3) is 0 Å². The van der Waals surface area contributed by atoms with Crippen LogP contribution in [-0.4, -0.2) is 44.7 Å². The highest BCUT2D eigenvalue weighted by Gasteiger charge is 2.39. The maximum Gasteiger partial charge on any atom is 0.411 e. The van der Waals surface area contributed by atoms with E-state index in [2.05, 4.69) is 9.47 Å². The number of alkyl halides is 6. The molecule has 1 atom stereocenters. The maximum absolute atomic E-state index is 13.0. The molecule has 0 heterocycles. The van der Waals surface area contributed by atoms with Crippen molar-refractivity contribution in [2.45, 2.75) is 24.6 Å². The summed E-state index contributed by atoms with van der Waals surface area (Å²) in [6.07, 6.45) is -11.8. The lowest BCUT2D eigenvalue weighted by atomic mass is 9.89. The minimum atomic E-state index is -4.83. The van der Waals surface area contributed by atoms with E-state index in [1.165, 1.54) is 55.6 Å². The first-order valence-corrected chi connectivity index (χ1v) is 8.60. The van der Waals surface area contributed by atoms with Crippen molar-refractivity contribution in [3.8, 4) is 5.75 Å². The number of ether oxygens (including phenoxy) is 3. The summed E-state index contributed by atoms with van der Waals surface area (Å²) in [5.41, 5.74) is 0.188. The summed E-state index contributed by atoms with van der Waals surface area (Å²) in [4.78, 5) is 13.0. The monoisotopic (exact) mass is 436 g/mol. The molecule has 0 N–H and O–H groups in total. The molecule has 4 nitrogen and oxygen atoms in total. The van der Waals surface area contributed by atoms with Gasteiger partial charge < -0.3 is 14.2 Å². The number of ketones is 1. The molecule has 30 heavy (non-hydrogen) atoms. The van der Waals surface area contributed by atoms with Gasteiger partial charge in [-0.05, 0) is 17.7 Å². The first-order chi connectivity index (χ1) is 14.0. The van der Waals surface area contributed by atoms with E-state index in [0.29, 0.717) is 5.75 Å². The molecule has 2 rings (SSSR count). The zero-order chi connectivity index (χ0) is 22.4. The molecule has 0 fully saturated rings. The number of carbonyl (C=O) groups excluding carboxylic acids is 1. The van der Waals surface area contributed by atoms with Crippen molar-refractivity contribution in [1.82, 2.24) is 0 Å². The summed E-state index contributed by atoms with van der Waals surface area (Å²) in [5.74, 6) is -1.95. The fourth-order valence-corrected chi connectivity index (χ4v) is 2.62. The zero-order valence-corrected chi connectivity index (χ0v) is 15.7. The molecule has 164 valence electrons. The molecule has 0 saturated heterocycles. The Bertz CT molecular complexity index is 785. The van der Waals surface area contributed by atoms with E-state index in [0.717, 1.165) is 0 Å². The van der Waals surface area contributed by atoms with Gasteiger partial charge in [0.1, 0.15) is 19.0 Å². The molecule has 0 aliphatic carbocycles. The normalized spacial score (nSPS) is 13.3. The van der Waals surface area contributed by atoms with Gasteiger partial charge in [-0.3, -0.25) is 4.79 Å². The van der Waals surface area contributed by atoms with Gasteiger partial charge in [-0.15, -0.1) is 0 Å². The highest BCUT2D eigenvalue weighted by atomic mass is 19.4. The Labute approximate surface area is 168 Å². The Balaban J connectivity index is 2.44. The second kappa shape index (κ2) is 9.94. The van der Waals surface area contributed by atoms with E-state index in [9.17, 15) is 31.1 Å². The number of Topliss-reactive ketones (excluding diaryl/α,β-unsaturated/α-hetero) is 1. The molecule has 0 spiro atoms. The smallest absolute Gasteiger partial charge is 0.411 e. The summed E-state index contributed by atoms with van der Waals surface area (Å²) in [6.45, 7) is -3.77. The maximum atomic E-state index is 13.0. The van der Waals surface area contributed by atoms with Crippen LogP contribution in [0.15, 0.2) is 54.6 Å².